The van der Waals surface area contributed by atoms with Gasteiger partial charge >= 0.3 is 12.3 Å². The van der Waals surface area contributed by atoms with Crippen LogP contribution in [0.3, 0.4) is 0 Å². The number of carbonyl (C=O) groups is 1. The summed E-state index contributed by atoms with van der Waals surface area (Å²) in [6.45, 7) is 1.44. The summed E-state index contributed by atoms with van der Waals surface area (Å²) in [7, 11) is 0. The Morgan fingerprint density at radius 1 is 1.11 bits per heavy atom. The maximum atomic E-state index is 12.5. The molecule has 0 spiro atoms. The Hall–Kier alpha value is -3.29. The molecule has 0 aliphatic carbocycles. The highest BCUT2D eigenvalue weighted by atomic mass is 19.4. The number of amides is 1. The van der Waals surface area contributed by atoms with Gasteiger partial charge in [-0.3, -0.25) is 10.1 Å². The molecule has 3 aromatic rings. The van der Waals surface area contributed by atoms with Crippen LogP contribution in [0.1, 0.15) is 16.8 Å². The van der Waals surface area contributed by atoms with E-state index in [0.717, 1.165) is 24.3 Å². The van der Waals surface area contributed by atoms with E-state index in [-0.39, 0.29) is 17.7 Å². The normalized spacial score (nSPS) is 11.4. The number of benzene rings is 2. The first-order chi connectivity index (χ1) is 12.8. The van der Waals surface area contributed by atoms with Crippen LogP contribution in [0.15, 0.2) is 53.3 Å². The Morgan fingerprint density at radius 2 is 1.78 bits per heavy atom. The van der Waals surface area contributed by atoms with Gasteiger partial charge < -0.3 is 9.72 Å². The summed E-state index contributed by atoms with van der Waals surface area (Å²) in [5.41, 5.74) is 0.681. The van der Waals surface area contributed by atoms with Gasteiger partial charge in [0.25, 0.3) is 0 Å². The minimum absolute atomic E-state index is 0.161. The SMILES string of the molecule is Cc1c(COC(=O)Nc2ccc(C(F)(F)F)cc2)[nH]c2ccccc2c1=O. The van der Waals surface area contributed by atoms with Crippen molar-refractivity contribution in [3.63, 3.8) is 0 Å². The number of para-hydroxylation sites is 1. The fraction of sp³-hybridized carbons (Fsp3) is 0.158. The molecule has 2 N–H and O–H groups in total. The third-order valence-electron chi connectivity index (χ3n) is 4.06. The molecule has 0 aliphatic rings. The summed E-state index contributed by atoms with van der Waals surface area (Å²) in [6, 6.07) is 11.0. The molecule has 27 heavy (non-hydrogen) atoms. The molecular weight excluding hydrogens is 361 g/mol. The van der Waals surface area contributed by atoms with Crippen molar-refractivity contribution in [1.82, 2.24) is 4.98 Å². The zero-order valence-electron chi connectivity index (χ0n) is 14.2. The second-order valence-corrected chi connectivity index (χ2v) is 5.88. The minimum Gasteiger partial charge on any atom is -0.443 e. The Bertz CT molecular complexity index is 1040. The molecule has 1 aromatic heterocycles. The number of aromatic nitrogens is 1. The lowest BCUT2D eigenvalue weighted by Crippen LogP contribution is -2.17. The van der Waals surface area contributed by atoms with Gasteiger partial charge in [0.15, 0.2) is 5.43 Å². The molecule has 0 fully saturated rings. The number of hydrogen-bond donors (Lipinski definition) is 2. The first kappa shape index (κ1) is 18.5. The summed E-state index contributed by atoms with van der Waals surface area (Å²) < 4.78 is 42.7. The molecule has 5 nitrogen and oxygen atoms in total. The van der Waals surface area contributed by atoms with Crippen molar-refractivity contribution < 1.29 is 22.7 Å². The van der Waals surface area contributed by atoms with E-state index < -0.39 is 17.8 Å². The van der Waals surface area contributed by atoms with Gasteiger partial charge in [-0.1, -0.05) is 12.1 Å². The number of fused-ring (bicyclic) bond motifs is 1. The molecular formula is C19H15F3N2O3. The second-order valence-electron chi connectivity index (χ2n) is 5.88. The van der Waals surface area contributed by atoms with Crippen molar-refractivity contribution in [2.45, 2.75) is 19.7 Å². The molecule has 0 bridgehead atoms. The topological polar surface area (TPSA) is 71.2 Å². The van der Waals surface area contributed by atoms with E-state index in [4.69, 9.17) is 4.74 Å². The molecule has 0 saturated heterocycles. The molecule has 0 aliphatic heterocycles. The number of alkyl halides is 3. The number of halogens is 3. The lowest BCUT2D eigenvalue weighted by atomic mass is 10.1. The van der Waals surface area contributed by atoms with Gasteiger partial charge in [0.2, 0.25) is 0 Å². The molecule has 1 heterocycles. The summed E-state index contributed by atoms with van der Waals surface area (Å²) in [6.07, 6.45) is -5.29. The number of H-pyrrole nitrogens is 1. The predicted molar refractivity (Wildman–Crippen MR) is 94.6 cm³/mol. The number of pyridine rings is 1. The highest BCUT2D eigenvalue weighted by Gasteiger charge is 2.30. The van der Waals surface area contributed by atoms with Crippen LogP contribution in [-0.2, 0) is 17.5 Å². The van der Waals surface area contributed by atoms with Crippen molar-refractivity contribution >= 4 is 22.7 Å². The van der Waals surface area contributed by atoms with Gasteiger partial charge in [0.1, 0.15) is 6.61 Å². The van der Waals surface area contributed by atoms with Gasteiger partial charge in [-0.05, 0) is 43.3 Å². The molecule has 0 atom stereocenters. The van der Waals surface area contributed by atoms with Crippen LogP contribution in [0, 0.1) is 6.92 Å². The Kier molecular flexibility index (Phi) is 4.89. The van der Waals surface area contributed by atoms with E-state index in [1.807, 2.05) is 0 Å². The molecule has 0 radical (unpaired) electrons. The Balaban J connectivity index is 1.68. The van der Waals surface area contributed by atoms with Gasteiger partial charge in [-0.25, -0.2) is 4.79 Å². The van der Waals surface area contributed by atoms with Crippen LogP contribution >= 0.6 is 0 Å². The predicted octanol–water partition coefficient (Wildman–Crippen LogP) is 4.60. The first-order valence-corrected chi connectivity index (χ1v) is 7.97. The standard InChI is InChI=1S/C19H15F3N2O3/c1-11-16(24-15-5-3-2-4-14(15)17(11)25)10-27-18(26)23-13-8-6-12(7-9-13)19(20,21)22/h2-9H,10H2,1H3,(H,23,26)(H,24,25). The van der Waals surface area contributed by atoms with Gasteiger partial charge in [0.05, 0.1) is 11.3 Å². The maximum absolute atomic E-state index is 12.5. The lowest BCUT2D eigenvalue weighted by Gasteiger charge is -2.11. The quantitative estimate of drug-likeness (QED) is 0.702. The van der Waals surface area contributed by atoms with Crippen molar-refractivity contribution in [1.29, 1.82) is 0 Å². The number of carbonyl (C=O) groups excluding carboxylic acids is 1. The fourth-order valence-electron chi connectivity index (χ4n) is 2.56. The monoisotopic (exact) mass is 376 g/mol. The molecule has 1 amide bonds. The molecule has 0 unspecified atom stereocenters. The third-order valence-corrected chi connectivity index (χ3v) is 4.06. The van der Waals surface area contributed by atoms with E-state index in [2.05, 4.69) is 10.3 Å². The van der Waals surface area contributed by atoms with Crippen molar-refractivity contribution in [2.75, 3.05) is 5.32 Å². The average molecular weight is 376 g/mol. The van der Waals surface area contributed by atoms with Crippen LogP contribution < -0.4 is 10.7 Å². The van der Waals surface area contributed by atoms with Crippen LogP contribution in [-0.4, -0.2) is 11.1 Å². The summed E-state index contributed by atoms with van der Waals surface area (Å²) in [5, 5.41) is 2.88. The summed E-state index contributed by atoms with van der Waals surface area (Å²) >= 11 is 0. The second kappa shape index (κ2) is 7.14. The fourth-order valence-corrected chi connectivity index (χ4v) is 2.56. The number of anilines is 1. The number of aromatic amines is 1. The maximum Gasteiger partial charge on any atom is 0.416 e. The average Bonchev–Trinajstić information content (AvgIpc) is 2.63. The number of nitrogens with one attached hydrogen (secondary N) is 2. The van der Waals surface area contributed by atoms with E-state index >= 15 is 0 Å². The van der Waals surface area contributed by atoms with Crippen molar-refractivity contribution in [3.05, 3.63) is 75.6 Å². The lowest BCUT2D eigenvalue weighted by molar-refractivity contribution is -0.137. The Morgan fingerprint density at radius 3 is 2.44 bits per heavy atom. The number of hydrogen-bond acceptors (Lipinski definition) is 3. The summed E-state index contributed by atoms with van der Waals surface area (Å²) in [4.78, 5) is 27.3. The largest absolute Gasteiger partial charge is 0.443 e. The van der Waals surface area contributed by atoms with Gasteiger partial charge in [-0.15, -0.1) is 0 Å². The smallest absolute Gasteiger partial charge is 0.416 e. The number of ether oxygens (including phenoxy) is 1. The van der Waals surface area contributed by atoms with E-state index in [1.54, 1.807) is 31.2 Å². The van der Waals surface area contributed by atoms with Crippen molar-refractivity contribution in [3.8, 4) is 0 Å². The summed E-state index contributed by atoms with van der Waals surface area (Å²) in [5.74, 6) is 0. The van der Waals surface area contributed by atoms with Gasteiger partial charge in [0, 0.05) is 22.2 Å². The van der Waals surface area contributed by atoms with Crippen LogP contribution in [0.25, 0.3) is 10.9 Å². The molecule has 2 aromatic carbocycles. The molecule has 3 rings (SSSR count). The molecule has 8 heteroatoms. The molecule has 140 valence electrons. The minimum atomic E-state index is -4.45. The van der Waals surface area contributed by atoms with Crippen LogP contribution in [0.4, 0.5) is 23.7 Å². The van der Waals surface area contributed by atoms with E-state index in [1.165, 1.54) is 0 Å². The Labute approximate surface area is 151 Å². The van der Waals surface area contributed by atoms with E-state index in [0.29, 0.717) is 22.2 Å². The van der Waals surface area contributed by atoms with Crippen LogP contribution in [0.2, 0.25) is 0 Å². The zero-order chi connectivity index (χ0) is 19.6. The zero-order valence-corrected chi connectivity index (χ0v) is 14.2. The number of rotatable bonds is 3. The third kappa shape index (κ3) is 4.11. The highest BCUT2D eigenvalue weighted by molar-refractivity contribution is 5.84. The highest BCUT2D eigenvalue weighted by Crippen LogP contribution is 2.29. The van der Waals surface area contributed by atoms with Crippen molar-refractivity contribution in [2.24, 2.45) is 0 Å². The van der Waals surface area contributed by atoms with E-state index in [9.17, 15) is 22.8 Å². The van der Waals surface area contributed by atoms with Crippen LogP contribution in [0.5, 0.6) is 0 Å². The first-order valence-electron chi connectivity index (χ1n) is 7.97. The van der Waals surface area contributed by atoms with Gasteiger partial charge in [-0.2, -0.15) is 13.2 Å². The molecule has 0 saturated carbocycles.